The van der Waals surface area contributed by atoms with Crippen LogP contribution in [0.25, 0.3) is 0 Å². The van der Waals surface area contributed by atoms with Crippen molar-refractivity contribution >= 4 is 17.8 Å². The molecule has 2 aromatic carbocycles. The summed E-state index contributed by atoms with van der Waals surface area (Å²) in [6, 6.07) is 14.9. The lowest BCUT2D eigenvalue weighted by Gasteiger charge is -2.18. The van der Waals surface area contributed by atoms with Crippen LogP contribution in [-0.2, 0) is 20.9 Å². The van der Waals surface area contributed by atoms with Crippen molar-refractivity contribution in [1.29, 1.82) is 0 Å². The first-order valence-electron chi connectivity index (χ1n) is 9.57. The van der Waals surface area contributed by atoms with Crippen LogP contribution in [0.1, 0.15) is 29.3 Å². The molecule has 2 aromatic rings. The summed E-state index contributed by atoms with van der Waals surface area (Å²) < 4.78 is 51.3. The van der Waals surface area contributed by atoms with Gasteiger partial charge in [0.15, 0.2) is 12.4 Å². The Morgan fingerprint density at radius 1 is 1.00 bits per heavy atom. The lowest BCUT2D eigenvalue weighted by molar-refractivity contribution is -0.160. The van der Waals surface area contributed by atoms with E-state index in [2.05, 4.69) is 10.1 Å². The van der Waals surface area contributed by atoms with Crippen LogP contribution in [0.4, 0.5) is 18.0 Å². The third-order valence-corrected chi connectivity index (χ3v) is 4.02. The van der Waals surface area contributed by atoms with Gasteiger partial charge in [-0.2, -0.15) is 13.2 Å². The largest absolute Gasteiger partial charge is 0.440 e. The van der Waals surface area contributed by atoms with Gasteiger partial charge in [0.05, 0.1) is 12.7 Å². The van der Waals surface area contributed by atoms with Crippen molar-refractivity contribution in [2.24, 2.45) is 0 Å². The van der Waals surface area contributed by atoms with Crippen molar-refractivity contribution < 1.29 is 41.8 Å². The number of hydrogen-bond donors (Lipinski definition) is 1. The lowest BCUT2D eigenvalue weighted by atomic mass is 10.0. The van der Waals surface area contributed by atoms with E-state index < -0.39 is 30.9 Å². The lowest BCUT2D eigenvalue weighted by Crippen LogP contribution is -2.36. The summed E-state index contributed by atoms with van der Waals surface area (Å²) >= 11 is 0. The maximum Gasteiger partial charge on any atom is 0.422 e. The molecule has 0 aliphatic rings. The average Bonchev–Trinajstić information content (AvgIpc) is 2.74. The number of esters is 1. The summed E-state index contributed by atoms with van der Waals surface area (Å²) in [4.78, 5) is 35.1. The van der Waals surface area contributed by atoms with Crippen molar-refractivity contribution in [2.75, 3.05) is 13.2 Å². The predicted molar refractivity (Wildman–Crippen MR) is 107 cm³/mol. The molecule has 1 N–H and O–H groups in total. The Bertz CT molecular complexity index is 900. The van der Waals surface area contributed by atoms with Crippen molar-refractivity contribution in [3.05, 3.63) is 65.7 Å². The molecule has 0 aliphatic heterocycles. The molecule has 0 spiro atoms. The molecule has 1 unspecified atom stereocenters. The first kappa shape index (κ1) is 24.9. The highest BCUT2D eigenvalue weighted by atomic mass is 19.4. The number of carbonyl (C=O) groups is 3. The van der Waals surface area contributed by atoms with Crippen molar-refractivity contribution in [1.82, 2.24) is 5.32 Å². The zero-order chi connectivity index (χ0) is 23.6. The Morgan fingerprint density at radius 2 is 1.66 bits per heavy atom. The van der Waals surface area contributed by atoms with Gasteiger partial charge in [-0.15, -0.1) is 0 Å². The number of hydrogen-bond acceptors (Lipinski definition) is 6. The highest BCUT2D eigenvalue weighted by molar-refractivity contribution is 5.96. The molecule has 1 atom stereocenters. The van der Waals surface area contributed by atoms with Gasteiger partial charge in [0, 0.05) is 25.5 Å². The van der Waals surface area contributed by atoms with Gasteiger partial charge in [-0.25, -0.2) is 4.79 Å². The quantitative estimate of drug-likeness (QED) is 0.332. The van der Waals surface area contributed by atoms with Gasteiger partial charge >= 0.3 is 18.2 Å². The van der Waals surface area contributed by atoms with Gasteiger partial charge in [-0.1, -0.05) is 30.3 Å². The van der Waals surface area contributed by atoms with Gasteiger partial charge in [0.1, 0.15) is 5.75 Å². The fourth-order valence-electron chi connectivity index (χ4n) is 2.57. The highest BCUT2D eigenvalue weighted by Crippen LogP contribution is 2.16. The van der Waals surface area contributed by atoms with E-state index in [9.17, 15) is 27.6 Å². The second kappa shape index (κ2) is 11.8. The second-order valence-electron chi connectivity index (χ2n) is 6.74. The molecule has 0 bridgehead atoms. The molecule has 0 aromatic heterocycles. The number of amides is 1. The average molecular weight is 453 g/mol. The number of nitrogens with one attached hydrogen (secondary N) is 1. The number of rotatable bonds is 10. The van der Waals surface area contributed by atoms with Gasteiger partial charge in [0.25, 0.3) is 0 Å². The summed E-state index contributed by atoms with van der Waals surface area (Å²) in [5.41, 5.74) is 1.13. The minimum absolute atomic E-state index is 0.128. The standard InChI is InChI=1S/C22H22F3NO6/c1-15(27)32-18-9-7-17(8-10-18)20(28)11-19(30-13-16-5-3-2-4-6-16)12-26-21(29)31-14-22(23,24)25/h2-10,19H,11-14H2,1H3,(H,26,29). The minimum atomic E-state index is -4.64. The SMILES string of the molecule is CC(=O)Oc1ccc(C(=O)CC(CNC(=O)OCC(F)(F)F)OCc2ccccc2)cc1. The fourth-order valence-corrected chi connectivity index (χ4v) is 2.57. The molecule has 172 valence electrons. The first-order chi connectivity index (χ1) is 15.1. The topological polar surface area (TPSA) is 90.9 Å². The number of carbonyl (C=O) groups excluding carboxylic acids is 3. The fraction of sp³-hybridized carbons (Fsp3) is 0.318. The van der Waals surface area contributed by atoms with Gasteiger partial charge < -0.3 is 19.5 Å². The van der Waals surface area contributed by atoms with Crippen molar-refractivity contribution in [3.8, 4) is 5.75 Å². The molecule has 2 rings (SSSR count). The molecular formula is C22H22F3NO6. The Labute approximate surface area is 182 Å². The van der Waals surface area contributed by atoms with Crippen LogP contribution in [0, 0.1) is 0 Å². The summed E-state index contributed by atoms with van der Waals surface area (Å²) in [7, 11) is 0. The van der Waals surface area contributed by atoms with E-state index in [0.717, 1.165) is 5.56 Å². The van der Waals surface area contributed by atoms with Crippen LogP contribution in [-0.4, -0.2) is 43.3 Å². The van der Waals surface area contributed by atoms with Gasteiger partial charge in [-0.3, -0.25) is 9.59 Å². The molecule has 0 aliphatic carbocycles. The van der Waals surface area contributed by atoms with E-state index in [4.69, 9.17) is 9.47 Å². The first-order valence-corrected chi connectivity index (χ1v) is 9.57. The van der Waals surface area contributed by atoms with Gasteiger partial charge in [0.2, 0.25) is 0 Å². The molecule has 0 saturated carbocycles. The molecule has 0 radical (unpaired) electrons. The Hall–Kier alpha value is -3.40. The molecule has 7 nitrogen and oxygen atoms in total. The molecule has 32 heavy (non-hydrogen) atoms. The normalized spacial score (nSPS) is 12.0. The van der Waals surface area contributed by atoms with Crippen LogP contribution in [0.5, 0.6) is 5.75 Å². The molecule has 1 amide bonds. The minimum Gasteiger partial charge on any atom is -0.440 e. The second-order valence-corrected chi connectivity index (χ2v) is 6.74. The molecule has 0 saturated heterocycles. The Balaban J connectivity index is 1.98. The van der Waals surface area contributed by atoms with Gasteiger partial charge in [-0.05, 0) is 29.8 Å². The summed E-state index contributed by atoms with van der Waals surface area (Å²) in [5.74, 6) is -0.551. The maximum absolute atomic E-state index is 12.6. The van der Waals surface area contributed by atoms with Crippen LogP contribution in [0.2, 0.25) is 0 Å². The van der Waals surface area contributed by atoms with Crippen LogP contribution in [0.15, 0.2) is 54.6 Å². The molecule has 10 heteroatoms. The van der Waals surface area contributed by atoms with E-state index in [1.807, 2.05) is 6.07 Å². The van der Waals surface area contributed by atoms with Crippen LogP contribution >= 0.6 is 0 Å². The monoisotopic (exact) mass is 453 g/mol. The maximum atomic E-state index is 12.6. The number of benzene rings is 2. The number of ketones is 1. The molecule has 0 heterocycles. The number of alkyl carbamates (subject to hydrolysis) is 1. The summed E-state index contributed by atoms with van der Waals surface area (Å²) in [6.07, 6.45) is -6.89. The van der Waals surface area contributed by atoms with Crippen molar-refractivity contribution in [2.45, 2.75) is 32.2 Å². The van der Waals surface area contributed by atoms with Crippen LogP contribution < -0.4 is 10.1 Å². The Kier molecular flexibility index (Phi) is 9.21. The predicted octanol–water partition coefficient (Wildman–Crippen LogP) is 4.06. The number of alkyl halides is 3. The van der Waals surface area contributed by atoms with E-state index in [1.54, 1.807) is 24.3 Å². The zero-order valence-corrected chi connectivity index (χ0v) is 17.2. The van der Waals surface area contributed by atoms with Crippen LogP contribution in [0.3, 0.4) is 0 Å². The van der Waals surface area contributed by atoms with Crippen molar-refractivity contribution in [3.63, 3.8) is 0 Å². The van der Waals surface area contributed by atoms with E-state index in [1.165, 1.54) is 31.2 Å². The third kappa shape index (κ3) is 9.61. The Morgan fingerprint density at radius 3 is 2.25 bits per heavy atom. The summed E-state index contributed by atoms with van der Waals surface area (Å²) in [5, 5.41) is 2.18. The zero-order valence-electron chi connectivity index (χ0n) is 17.2. The van der Waals surface area contributed by atoms with E-state index >= 15 is 0 Å². The smallest absolute Gasteiger partial charge is 0.422 e. The molecular weight excluding hydrogens is 431 g/mol. The number of halogens is 3. The van der Waals surface area contributed by atoms with E-state index in [-0.39, 0.29) is 31.1 Å². The van der Waals surface area contributed by atoms with E-state index in [0.29, 0.717) is 5.56 Å². The summed E-state index contributed by atoms with van der Waals surface area (Å²) in [6.45, 7) is -0.577. The molecule has 0 fully saturated rings. The third-order valence-electron chi connectivity index (χ3n) is 4.02. The highest BCUT2D eigenvalue weighted by Gasteiger charge is 2.29. The number of Topliss-reactive ketones (excluding diaryl/α,β-unsaturated/α-hetero) is 1. The number of ether oxygens (including phenoxy) is 3.